The number of fused-ring (bicyclic) bond motifs is 1. The van der Waals surface area contributed by atoms with Crippen LogP contribution < -0.4 is 5.32 Å². The highest BCUT2D eigenvalue weighted by molar-refractivity contribution is 5.74. The molecule has 8 nitrogen and oxygen atoms in total. The van der Waals surface area contributed by atoms with Gasteiger partial charge in [0.1, 0.15) is 12.4 Å². The van der Waals surface area contributed by atoms with Gasteiger partial charge in [-0.1, -0.05) is 0 Å². The van der Waals surface area contributed by atoms with E-state index in [1.807, 2.05) is 10.8 Å². The minimum Gasteiger partial charge on any atom is -0.480 e. The molecule has 0 saturated carbocycles. The molecule has 0 saturated heterocycles. The smallest absolute Gasteiger partial charge is 0.329 e. The number of aromatic nitrogens is 2. The van der Waals surface area contributed by atoms with Crippen LogP contribution >= 0.6 is 0 Å². The summed E-state index contributed by atoms with van der Waals surface area (Å²) < 4.78 is 6.84. The van der Waals surface area contributed by atoms with Gasteiger partial charge in [-0.25, -0.2) is 14.6 Å². The average Bonchev–Trinajstić information content (AvgIpc) is 2.84. The van der Waals surface area contributed by atoms with Crippen molar-refractivity contribution in [1.29, 1.82) is 0 Å². The van der Waals surface area contributed by atoms with Crippen LogP contribution in [0.1, 0.15) is 5.82 Å². The molecule has 0 aromatic carbocycles. The summed E-state index contributed by atoms with van der Waals surface area (Å²) in [5.74, 6) is -0.155. The Morgan fingerprint density at radius 3 is 3.11 bits per heavy atom. The summed E-state index contributed by atoms with van der Waals surface area (Å²) in [6.45, 7) is 1.97. The van der Waals surface area contributed by atoms with Crippen molar-refractivity contribution in [2.75, 3.05) is 26.3 Å². The predicted molar refractivity (Wildman–Crippen MR) is 64.5 cm³/mol. The molecule has 2 amide bonds. The number of nitrogens with zero attached hydrogens (tertiary/aromatic N) is 3. The molecule has 0 spiro atoms. The number of carboxylic acid groups (broad SMARTS) is 1. The maximum atomic E-state index is 11.8. The van der Waals surface area contributed by atoms with Crippen molar-refractivity contribution in [2.45, 2.75) is 13.1 Å². The zero-order chi connectivity index (χ0) is 13.7. The van der Waals surface area contributed by atoms with Crippen molar-refractivity contribution in [3.05, 3.63) is 18.2 Å². The molecule has 1 aromatic heterocycles. The first kappa shape index (κ1) is 13.3. The van der Waals surface area contributed by atoms with Crippen molar-refractivity contribution in [3.8, 4) is 0 Å². The lowest BCUT2D eigenvalue weighted by molar-refractivity contribution is -0.142. The molecule has 0 aliphatic carbocycles. The summed E-state index contributed by atoms with van der Waals surface area (Å²) in [5.41, 5.74) is 0. The van der Waals surface area contributed by atoms with Gasteiger partial charge < -0.3 is 24.6 Å². The van der Waals surface area contributed by atoms with Crippen LogP contribution in [0.25, 0.3) is 0 Å². The van der Waals surface area contributed by atoms with Gasteiger partial charge >= 0.3 is 12.0 Å². The molecule has 0 bridgehead atoms. The summed E-state index contributed by atoms with van der Waals surface area (Å²) in [6, 6.07) is -0.187. The van der Waals surface area contributed by atoms with Crippen LogP contribution in [-0.2, 0) is 22.6 Å². The minimum atomic E-state index is -1.02. The van der Waals surface area contributed by atoms with Gasteiger partial charge in [0, 0.05) is 32.0 Å². The second kappa shape index (κ2) is 6.19. The fourth-order valence-corrected chi connectivity index (χ4v) is 1.85. The Bertz CT molecular complexity index is 459. The number of carbonyl (C=O) groups is 2. The lowest BCUT2D eigenvalue weighted by Crippen LogP contribution is -2.45. The highest BCUT2D eigenvalue weighted by atomic mass is 16.5. The van der Waals surface area contributed by atoms with Crippen LogP contribution in [0.4, 0.5) is 4.79 Å². The van der Waals surface area contributed by atoms with E-state index in [1.54, 1.807) is 11.1 Å². The number of hydrogen-bond acceptors (Lipinski definition) is 4. The Balaban J connectivity index is 1.68. The van der Waals surface area contributed by atoms with E-state index in [0.717, 1.165) is 12.4 Å². The maximum absolute atomic E-state index is 11.8. The van der Waals surface area contributed by atoms with Crippen molar-refractivity contribution >= 4 is 12.0 Å². The fourth-order valence-electron chi connectivity index (χ4n) is 1.85. The Morgan fingerprint density at radius 2 is 2.32 bits per heavy atom. The molecule has 0 unspecified atom stereocenters. The SMILES string of the molecule is O=C(O)COCCNC(=O)N1CCn2ccnc2C1. The van der Waals surface area contributed by atoms with E-state index in [4.69, 9.17) is 9.84 Å². The summed E-state index contributed by atoms with van der Waals surface area (Å²) in [6.07, 6.45) is 3.61. The van der Waals surface area contributed by atoms with E-state index >= 15 is 0 Å². The summed E-state index contributed by atoms with van der Waals surface area (Å²) in [7, 11) is 0. The number of urea groups is 1. The lowest BCUT2D eigenvalue weighted by Gasteiger charge is -2.27. The standard InChI is InChI=1S/C11H16N4O4/c16-10(17)8-19-6-2-13-11(18)15-5-4-14-3-1-12-9(14)7-15/h1,3H,2,4-8H2,(H,13,18)(H,16,17). The Labute approximate surface area is 110 Å². The second-order valence-electron chi connectivity index (χ2n) is 4.14. The maximum Gasteiger partial charge on any atom is 0.329 e. The number of ether oxygens (including phenoxy) is 1. The van der Waals surface area contributed by atoms with E-state index in [2.05, 4.69) is 10.3 Å². The average molecular weight is 268 g/mol. The van der Waals surface area contributed by atoms with Crippen molar-refractivity contribution in [3.63, 3.8) is 0 Å². The zero-order valence-electron chi connectivity index (χ0n) is 10.4. The van der Waals surface area contributed by atoms with Crippen molar-refractivity contribution in [1.82, 2.24) is 19.8 Å². The van der Waals surface area contributed by atoms with Crippen LogP contribution in [0.5, 0.6) is 0 Å². The summed E-state index contributed by atoms with van der Waals surface area (Å²) in [5, 5.41) is 11.0. The summed E-state index contributed by atoms with van der Waals surface area (Å²) >= 11 is 0. The third-order valence-corrected chi connectivity index (χ3v) is 2.78. The van der Waals surface area contributed by atoms with Crippen LogP contribution in [0.15, 0.2) is 12.4 Å². The van der Waals surface area contributed by atoms with Crippen molar-refractivity contribution in [2.24, 2.45) is 0 Å². The molecule has 0 radical (unpaired) electrons. The van der Waals surface area contributed by atoms with Gasteiger partial charge in [-0.15, -0.1) is 0 Å². The normalized spacial score (nSPS) is 14.0. The minimum absolute atomic E-state index is 0.181. The molecular formula is C11H16N4O4. The Kier molecular flexibility index (Phi) is 4.35. The van der Waals surface area contributed by atoms with Gasteiger partial charge in [-0.3, -0.25) is 0 Å². The molecule has 0 fully saturated rings. The number of aliphatic carboxylic acids is 1. The molecule has 1 aromatic rings. The summed E-state index contributed by atoms with van der Waals surface area (Å²) in [4.78, 5) is 27.9. The van der Waals surface area contributed by atoms with Gasteiger partial charge in [-0.2, -0.15) is 0 Å². The van der Waals surface area contributed by atoms with Crippen LogP contribution in [0.2, 0.25) is 0 Å². The number of amides is 2. The topological polar surface area (TPSA) is 96.7 Å². The van der Waals surface area contributed by atoms with E-state index in [1.165, 1.54) is 0 Å². The van der Waals surface area contributed by atoms with E-state index in [-0.39, 0.29) is 25.8 Å². The number of carboxylic acids is 1. The molecule has 0 atom stereocenters. The van der Waals surface area contributed by atoms with Gasteiger partial charge in [0.05, 0.1) is 13.2 Å². The molecule has 2 N–H and O–H groups in total. The second-order valence-corrected chi connectivity index (χ2v) is 4.14. The molecular weight excluding hydrogens is 252 g/mol. The van der Waals surface area contributed by atoms with Crippen LogP contribution in [-0.4, -0.2) is 57.9 Å². The number of hydrogen-bond donors (Lipinski definition) is 2. The van der Waals surface area contributed by atoms with Gasteiger partial charge in [0.2, 0.25) is 0 Å². The molecule has 2 heterocycles. The molecule has 1 aliphatic heterocycles. The first-order valence-corrected chi connectivity index (χ1v) is 5.99. The van der Waals surface area contributed by atoms with Gasteiger partial charge in [0.15, 0.2) is 0 Å². The van der Waals surface area contributed by atoms with Gasteiger partial charge in [-0.05, 0) is 0 Å². The van der Waals surface area contributed by atoms with Gasteiger partial charge in [0.25, 0.3) is 0 Å². The number of rotatable bonds is 5. The predicted octanol–water partition coefficient (Wildman–Crippen LogP) is -0.490. The lowest BCUT2D eigenvalue weighted by atomic mass is 10.4. The van der Waals surface area contributed by atoms with Crippen molar-refractivity contribution < 1.29 is 19.4 Å². The highest BCUT2D eigenvalue weighted by Crippen LogP contribution is 2.09. The molecule has 2 rings (SSSR count). The fraction of sp³-hybridized carbons (Fsp3) is 0.545. The first-order valence-electron chi connectivity index (χ1n) is 5.99. The molecule has 8 heteroatoms. The van der Waals surface area contributed by atoms with E-state index < -0.39 is 5.97 Å². The number of carbonyl (C=O) groups excluding carboxylic acids is 1. The third-order valence-electron chi connectivity index (χ3n) is 2.78. The Hall–Kier alpha value is -2.09. The molecule has 1 aliphatic rings. The largest absolute Gasteiger partial charge is 0.480 e. The zero-order valence-corrected chi connectivity index (χ0v) is 10.4. The molecule has 104 valence electrons. The first-order chi connectivity index (χ1) is 9.16. The van der Waals surface area contributed by atoms with E-state index in [9.17, 15) is 9.59 Å². The monoisotopic (exact) mass is 268 g/mol. The molecule has 19 heavy (non-hydrogen) atoms. The highest BCUT2D eigenvalue weighted by Gasteiger charge is 2.20. The third kappa shape index (κ3) is 3.68. The van der Waals surface area contributed by atoms with Crippen LogP contribution in [0.3, 0.4) is 0 Å². The van der Waals surface area contributed by atoms with E-state index in [0.29, 0.717) is 13.1 Å². The Morgan fingerprint density at radius 1 is 1.47 bits per heavy atom. The van der Waals surface area contributed by atoms with Crippen LogP contribution in [0, 0.1) is 0 Å². The quantitative estimate of drug-likeness (QED) is 0.702. The number of nitrogens with one attached hydrogen (secondary N) is 1. The number of imidazole rings is 1.